The maximum absolute atomic E-state index is 12.1. The molecule has 0 radical (unpaired) electrons. The van der Waals surface area contributed by atoms with E-state index in [4.69, 9.17) is 14.7 Å². The summed E-state index contributed by atoms with van der Waals surface area (Å²) in [6.45, 7) is 1.26. The van der Waals surface area contributed by atoms with E-state index in [2.05, 4.69) is 11.4 Å². The summed E-state index contributed by atoms with van der Waals surface area (Å²) < 4.78 is 11.2. The molecule has 0 unspecified atom stereocenters. The quantitative estimate of drug-likeness (QED) is 0.937. The molecule has 122 valence electrons. The molecular weight excluding hydrogens is 304 g/mol. The number of benzene rings is 2. The minimum absolute atomic E-state index is 0.0612. The number of carbonyl (C=O) groups excluding carboxylic acids is 1. The third-order valence-electron chi connectivity index (χ3n) is 3.76. The van der Waals surface area contributed by atoms with Crippen LogP contribution in [0.4, 0.5) is 5.69 Å². The summed E-state index contributed by atoms with van der Waals surface area (Å²) in [5, 5.41) is 11.7. The number of carbonyl (C=O) groups is 1. The molecule has 0 spiro atoms. The van der Waals surface area contributed by atoms with Gasteiger partial charge >= 0.3 is 0 Å². The Bertz CT molecular complexity index is 763. The first-order valence-electron chi connectivity index (χ1n) is 7.93. The minimum atomic E-state index is -0.0612. The lowest BCUT2D eigenvalue weighted by Gasteiger charge is -2.10. The molecule has 0 aliphatic carbocycles. The van der Waals surface area contributed by atoms with Crippen molar-refractivity contribution in [3.05, 3.63) is 53.6 Å². The van der Waals surface area contributed by atoms with Crippen LogP contribution in [0.25, 0.3) is 0 Å². The van der Waals surface area contributed by atoms with E-state index >= 15 is 0 Å². The van der Waals surface area contributed by atoms with Crippen LogP contribution >= 0.6 is 0 Å². The Morgan fingerprint density at radius 3 is 2.58 bits per heavy atom. The second kappa shape index (κ2) is 7.51. The molecule has 1 aliphatic rings. The molecule has 0 bridgehead atoms. The van der Waals surface area contributed by atoms with Gasteiger partial charge in [0.1, 0.15) is 0 Å². The van der Waals surface area contributed by atoms with E-state index in [1.54, 1.807) is 18.2 Å². The largest absolute Gasteiger partial charge is 0.490 e. The Hall–Kier alpha value is -3.00. The number of anilines is 1. The van der Waals surface area contributed by atoms with Gasteiger partial charge in [0.15, 0.2) is 11.5 Å². The summed E-state index contributed by atoms with van der Waals surface area (Å²) in [6, 6.07) is 14.8. The number of hydrogen-bond acceptors (Lipinski definition) is 4. The van der Waals surface area contributed by atoms with Crippen molar-refractivity contribution in [3.8, 4) is 17.6 Å². The van der Waals surface area contributed by atoms with Gasteiger partial charge in [0.2, 0.25) is 5.91 Å². The van der Waals surface area contributed by atoms with Gasteiger partial charge in [-0.2, -0.15) is 5.26 Å². The van der Waals surface area contributed by atoms with Gasteiger partial charge in [0.05, 0.1) is 24.8 Å². The number of rotatable bonds is 4. The van der Waals surface area contributed by atoms with Crippen LogP contribution in [0.2, 0.25) is 0 Å². The van der Waals surface area contributed by atoms with E-state index in [0.29, 0.717) is 48.8 Å². The van der Waals surface area contributed by atoms with Crippen LogP contribution in [-0.4, -0.2) is 19.1 Å². The molecule has 2 aromatic carbocycles. The molecule has 2 aromatic rings. The molecule has 0 fully saturated rings. The van der Waals surface area contributed by atoms with Gasteiger partial charge in [0, 0.05) is 24.6 Å². The lowest BCUT2D eigenvalue weighted by atomic mass is 10.1. The van der Waals surface area contributed by atoms with Crippen molar-refractivity contribution in [2.45, 2.75) is 19.3 Å². The maximum Gasteiger partial charge on any atom is 0.224 e. The van der Waals surface area contributed by atoms with E-state index in [0.717, 1.165) is 12.0 Å². The zero-order chi connectivity index (χ0) is 16.8. The maximum atomic E-state index is 12.1. The molecule has 0 saturated heterocycles. The van der Waals surface area contributed by atoms with E-state index in [1.807, 2.05) is 24.3 Å². The lowest BCUT2D eigenvalue weighted by molar-refractivity contribution is -0.116. The van der Waals surface area contributed by atoms with Crippen LogP contribution < -0.4 is 14.8 Å². The first-order valence-corrected chi connectivity index (χ1v) is 7.93. The Labute approximate surface area is 140 Å². The molecule has 1 heterocycles. The highest BCUT2D eigenvalue weighted by atomic mass is 16.5. The zero-order valence-electron chi connectivity index (χ0n) is 13.2. The van der Waals surface area contributed by atoms with Crippen LogP contribution in [0.3, 0.4) is 0 Å². The molecule has 5 nitrogen and oxygen atoms in total. The van der Waals surface area contributed by atoms with Crippen molar-refractivity contribution in [1.29, 1.82) is 5.26 Å². The molecule has 1 N–H and O–H groups in total. The Morgan fingerprint density at radius 1 is 1.08 bits per heavy atom. The molecular formula is C19H18N2O3. The van der Waals surface area contributed by atoms with Crippen LogP contribution in [-0.2, 0) is 11.2 Å². The SMILES string of the molecule is N#Cc1ccc(CCC(=O)Nc2ccc3c(c2)OCCCO3)cc1. The fourth-order valence-corrected chi connectivity index (χ4v) is 2.47. The van der Waals surface area contributed by atoms with Crippen LogP contribution in [0.5, 0.6) is 11.5 Å². The molecule has 1 amide bonds. The first-order chi connectivity index (χ1) is 11.7. The monoisotopic (exact) mass is 322 g/mol. The van der Waals surface area contributed by atoms with Crippen LogP contribution in [0.15, 0.2) is 42.5 Å². The lowest BCUT2D eigenvalue weighted by Crippen LogP contribution is -2.12. The van der Waals surface area contributed by atoms with Gasteiger partial charge in [-0.15, -0.1) is 0 Å². The van der Waals surface area contributed by atoms with Crippen molar-refractivity contribution >= 4 is 11.6 Å². The number of ether oxygens (including phenoxy) is 2. The highest BCUT2D eigenvalue weighted by molar-refractivity contribution is 5.91. The summed E-state index contributed by atoms with van der Waals surface area (Å²) in [5.74, 6) is 1.31. The Kier molecular flexibility index (Phi) is 4.97. The van der Waals surface area contributed by atoms with Crippen molar-refractivity contribution in [3.63, 3.8) is 0 Å². The van der Waals surface area contributed by atoms with Crippen molar-refractivity contribution < 1.29 is 14.3 Å². The summed E-state index contributed by atoms with van der Waals surface area (Å²) in [6.07, 6.45) is 1.85. The van der Waals surface area contributed by atoms with Gasteiger partial charge in [-0.05, 0) is 36.2 Å². The first kappa shape index (κ1) is 15.9. The van der Waals surface area contributed by atoms with Gasteiger partial charge in [-0.25, -0.2) is 0 Å². The van der Waals surface area contributed by atoms with E-state index in [1.165, 1.54) is 0 Å². The number of aryl methyl sites for hydroxylation is 1. The number of hydrogen-bond donors (Lipinski definition) is 1. The normalized spacial score (nSPS) is 12.8. The molecule has 0 atom stereocenters. The molecule has 1 aliphatic heterocycles. The number of nitrogens with zero attached hydrogens (tertiary/aromatic N) is 1. The highest BCUT2D eigenvalue weighted by Crippen LogP contribution is 2.32. The summed E-state index contributed by atoms with van der Waals surface area (Å²) in [4.78, 5) is 12.1. The van der Waals surface area contributed by atoms with Crippen molar-refractivity contribution in [1.82, 2.24) is 0 Å². The molecule has 0 aromatic heterocycles. The summed E-state index contributed by atoms with van der Waals surface area (Å²) in [7, 11) is 0. The second-order valence-corrected chi connectivity index (χ2v) is 5.57. The molecule has 0 saturated carbocycles. The average molecular weight is 322 g/mol. The Morgan fingerprint density at radius 2 is 1.83 bits per heavy atom. The topological polar surface area (TPSA) is 71.4 Å². The third-order valence-corrected chi connectivity index (χ3v) is 3.76. The molecule has 24 heavy (non-hydrogen) atoms. The molecule has 3 rings (SSSR count). The number of fused-ring (bicyclic) bond motifs is 1. The van der Waals surface area contributed by atoms with Crippen molar-refractivity contribution in [2.75, 3.05) is 18.5 Å². The predicted octanol–water partition coefficient (Wildman–Crippen LogP) is 3.29. The minimum Gasteiger partial charge on any atom is -0.490 e. The van der Waals surface area contributed by atoms with Crippen LogP contribution in [0.1, 0.15) is 24.0 Å². The fraction of sp³-hybridized carbons (Fsp3) is 0.263. The second-order valence-electron chi connectivity index (χ2n) is 5.57. The smallest absolute Gasteiger partial charge is 0.224 e. The van der Waals surface area contributed by atoms with Crippen LogP contribution in [0, 0.1) is 11.3 Å². The van der Waals surface area contributed by atoms with Crippen molar-refractivity contribution in [2.24, 2.45) is 0 Å². The summed E-state index contributed by atoms with van der Waals surface area (Å²) >= 11 is 0. The van der Waals surface area contributed by atoms with Gasteiger partial charge in [-0.3, -0.25) is 4.79 Å². The predicted molar refractivity (Wildman–Crippen MR) is 90.2 cm³/mol. The van der Waals surface area contributed by atoms with Gasteiger partial charge in [-0.1, -0.05) is 12.1 Å². The Balaban J connectivity index is 1.56. The van der Waals surface area contributed by atoms with E-state index < -0.39 is 0 Å². The standard InChI is InChI=1S/C19H18N2O3/c20-13-15-4-2-14(3-5-15)6-9-19(22)21-16-7-8-17-18(12-16)24-11-1-10-23-17/h2-5,7-8,12H,1,6,9-11H2,(H,21,22). The number of nitrogens with one attached hydrogen (secondary N) is 1. The van der Waals surface area contributed by atoms with Gasteiger partial charge in [0.25, 0.3) is 0 Å². The van der Waals surface area contributed by atoms with E-state index in [9.17, 15) is 4.79 Å². The highest BCUT2D eigenvalue weighted by Gasteiger charge is 2.12. The average Bonchev–Trinajstić information content (AvgIpc) is 2.85. The van der Waals surface area contributed by atoms with E-state index in [-0.39, 0.29) is 5.91 Å². The van der Waals surface area contributed by atoms with Gasteiger partial charge < -0.3 is 14.8 Å². The zero-order valence-corrected chi connectivity index (χ0v) is 13.2. The molecule has 5 heteroatoms. The summed E-state index contributed by atoms with van der Waals surface area (Å²) in [5.41, 5.74) is 2.35. The number of nitriles is 1. The third kappa shape index (κ3) is 4.05. The fourth-order valence-electron chi connectivity index (χ4n) is 2.47. The number of amides is 1.